The number of nitrogens with zero attached hydrogens (tertiary/aromatic N) is 1. The second-order valence-corrected chi connectivity index (χ2v) is 8.85. The first-order chi connectivity index (χ1) is 10.8. The van der Waals surface area contributed by atoms with Crippen LogP contribution in [0.2, 0.25) is 0 Å². The van der Waals surface area contributed by atoms with Gasteiger partial charge in [0, 0.05) is 19.1 Å². The molecule has 6 heteroatoms. The quantitative estimate of drug-likeness (QED) is 0.886. The Labute approximate surface area is 139 Å². The largest absolute Gasteiger partial charge is 0.352 e. The maximum atomic E-state index is 12.8. The fourth-order valence-electron chi connectivity index (χ4n) is 2.62. The summed E-state index contributed by atoms with van der Waals surface area (Å²) in [6, 6.07) is 9.20. The van der Waals surface area contributed by atoms with Crippen LogP contribution < -0.4 is 5.32 Å². The predicted octanol–water partition coefficient (Wildman–Crippen LogP) is 1.62. The van der Waals surface area contributed by atoms with Gasteiger partial charge in [0.2, 0.25) is 5.91 Å². The minimum Gasteiger partial charge on any atom is -0.352 e. The Morgan fingerprint density at radius 1 is 1.09 bits per heavy atom. The van der Waals surface area contributed by atoms with Crippen molar-refractivity contribution in [3.8, 4) is 0 Å². The number of hydrogen-bond acceptors (Lipinski definition) is 4. The zero-order chi connectivity index (χ0) is 17.0. The van der Waals surface area contributed by atoms with Gasteiger partial charge in [-0.25, -0.2) is 8.42 Å². The van der Waals surface area contributed by atoms with Crippen LogP contribution in [0.5, 0.6) is 0 Å². The normalized spacial score (nSPS) is 20.9. The van der Waals surface area contributed by atoms with Gasteiger partial charge >= 0.3 is 0 Å². The third kappa shape index (κ3) is 4.78. The first-order valence-corrected chi connectivity index (χ1v) is 9.92. The number of benzene rings is 1. The molecule has 1 aliphatic heterocycles. The predicted molar refractivity (Wildman–Crippen MR) is 91.9 cm³/mol. The van der Waals surface area contributed by atoms with Gasteiger partial charge in [-0.3, -0.25) is 9.69 Å². The van der Waals surface area contributed by atoms with Crippen molar-refractivity contribution in [3.05, 3.63) is 35.9 Å². The Bertz CT molecular complexity index is 614. The zero-order valence-electron chi connectivity index (χ0n) is 14.0. The first-order valence-electron chi connectivity index (χ1n) is 8.10. The molecule has 5 nitrogen and oxygen atoms in total. The van der Waals surface area contributed by atoms with Crippen molar-refractivity contribution in [3.63, 3.8) is 0 Å². The van der Waals surface area contributed by atoms with Crippen LogP contribution in [0, 0.1) is 5.92 Å². The lowest BCUT2D eigenvalue weighted by molar-refractivity contribution is -0.127. The number of amides is 1. The fourth-order valence-corrected chi connectivity index (χ4v) is 3.85. The Morgan fingerprint density at radius 3 is 2.17 bits per heavy atom. The van der Waals surface area contributed by atoms with E-state index in [1.54, 1.807) is 0 Å². The molecule has 1 N–H and O–H groups in total. The van der Waals surface area contributed by atoms with E-state index in [1.165, 1.54) is 0 Å². The molecule has 1 fully saturated rings. The standard InChI is InChI=1S/C17H26N2O3S/c1-13(2)14(3)18-17(20)16(15-7-5-4-6-8-15)19-9-11-23(21,22)12-10-19/h4-8,13-14,16H,9-12H2,1-3H3,(H,18,20)/t14-,16+/m0/s1. The highest BCUT2D eigenvalue weighted by Crippen LogP contribution is 2.23. The second kappa shape index (κ2) is 7.45. The highest BCUT2D eigenvalue weighted by Gasteiger charge is 2.33. The van der Waals surface area contributed by atoms with Crippen molar-refractivity contribution in [1.82, 2.24) is 10.2 Å². The molecule has 0 unspecified atom stereocenters. The summed E-state index contributed by atoms with van der Waals surface area (Å²) < 4.78 is 23.3. The summed E-state index contributed by atoms with van der Waals surface area (Å²) in [6.45, 7) is 6.91. The fraction of sp³-hybridized carbons (Fsp3) is 0.588. The number of rotatable bonds is 5. The zero-order valence-corrected chi connectivity index (χ0v) is 14.8. The molecule has 23 heavy (non-hydrogen) atoms. The van der Waals surface area contributed by atoms with Crippen molar-refractivity contribution in [2.75, 3.05) is 24.6 Å². The molecule has 0 saturated carbocycles. The van der Waals surface area contributed by atoms with Crippen LogP contribution in [0.1, 0.15) is 32.4 Å². The van der Waals surface area contributed by atoms with Crippen molar-refractivity contribution >= 4 is 15.7 Å². The first kappa shape index (κ1) is 17.9. The van der Waals surface area contributed by atoms with Crippen LogP contribution in [-0.2, 0) is 14.6 Å². The molecule has 1 aromatic carbocycles. The lowest BCUT2D eigenvalue weighted by atomic mass is 10.0. The molecule has 1 saturated heterocycles. The summed E-state index contributed by atoms with van der Waals surface area (Å²) in [5.41, 5.74) is 0.903. The Kier molecular flexibility index (Phi) is 5.81. The Hall–Kier alpha value is -1.40. The monoisotopic (exact) mass is 338 g/mol. The smallest absolute Gasteiger partial charge is 0.242 e. The summed E-state index contributed by atoms with van der Waals surface area (Å²) >= 11 is 0. The van der Waals surface area contributed by atoms with Crippen LogP contribution in [0.15, 0.2) is 30.3 Å². The third-order valence-electron chi connectivity index (χ3n) is 4.48. The van der Waals surface area contributed by atoms with E-state index >= 15 is 0 Å². The van der Waals surface area contributed by atoms with Crippen LogP contribution >= 0.6 is 0 Å². The number of nitrogens with one attached hydrogen (secondary N) is 1. The van der Waals surface area contributed by atoms with Gasteiger partial charge in [0.25, 0.3) is 0 Å². The van der Waals surface area contributed by atoms with E-state index in [2.05, 4.69) is 19.2 Å². The lowest BCUT2D eigenvalue weighted by Gasteiger charge is -2.34. The average molecular weight is 338 g/mol. The van der Waals surface area contributed by atoms with Crippen molar-refractivity contribution < 1.29 is 13.2 Å². The highest BCUT2D eigenvalue weighted by atomic mass is 32.2. The summed E-state index contributed by atoms with van der Waals surface area (Å²) in [4.78, 5) is 14.8. The summed E-state index contributed by atoms with van der Waals surface area (Å²) in [5, 5.41) is 3.07. The van der Waals surface area contributed by atoms with Crippen molar-refractivity contribution in [1.29, 1.82) is 0 Å². The average Bonchev–Trinajstić information content (AvgIpc) is 2.50. The molecular formula is C17H26N2O3S. The van der Waals surface area contributed by atoms with E-state index in [9.17, 15) is 13.2 Å². The minimum atomic E-state index is -2.97. The van der Waals surface area contributed by atoms with Crippen LogP contribution in [0.4, 0.5) is 0 Å². The number of carbonyl (C=O) groups is 1. The summed E-state index contributed by atoms with van der Waals surface area (Å²) in [5.74, 6) is 0.515. The molecule has 0 bridgehead atoms. The van der Waals surface area contributed by atoms with Crippen molar-refractivity contribution in [2.24, 2.45) is 5.92 Å². The van der Waals surface area contributed by atoms with Gasteiger partial charge in [0.05, 0.1) is 11.5 Å². The van der Waals surface area contributed by atoms with Gasteiger partial charge in [0.15, 0.2) is 9.84 Å². The van der Waals surface area contributed by atoms with Gasteiger partial charge in [-0.2, -0.15) is 0 Å². The molecule has 1 heterocycles. The van der Waals surface area contributed by atoms with E-state index in [1.807, 2.05) is 42.2 Å². The molecule has 0 radical (unpaired) electrons. The van der Waals surface area contributed by atoms with E-state index in [4.69, 9.17) is 0 Å². The molecule has 2 atom stereocenters. The van der Waals surface area contributed by atoms with E-state index in [-0.39, 0.29) is 23.5 Å². The van der Waals surface area contributed by atoms with Gasteiger partial charge in [-0.05, 0) is 18.4 Å². The van der Waals surface area contributed by atoms with Crippen LogP contribution in [0.25, 0.3) is 0 Å². The molecule has 1 aliphatic rings. The number of carbonyl (C=O) groups excluding carboxylic acids is 1. The Balaban J connectivity index is 2.21. The molecule has 1 aromatic rings. The van der Waals surface area contributed by atoms with Crippen LogP contribution in [-0.4, -0.2) is 49.9 Å². The van der Waals surface area contributed by atoms with E-state index in [0.717, 1.165) is 5.56 Å². The molecule has 0 aliphatic carbocycles. The molecule has 2 rings (SSSR count). The topological polar surface area (TPSA) is 66.5 Å². The summed E-state index contributed by atoms with van der Waals surface area (Å²) in [7, 11) is -2.97. The lowest BCUT2D eigenvalue weighted by Crippen LogP contribution is -2.49. The maximum absolute atomic E-state index is 12.8. The van der Waals surface area contributed by atoms with E-state index < -0.39 is 15.9 Å². The minimum absolute atomic E-state index is 0.0586. The molecule has 0 aromatic heterocycles. The molecular weight excluding hydrogens is 312 g/mol. The highest BCUT2D eigenvalue weighted by molar-refractivity contribution is 7.91. The summed E-state index contributed by atoms with van der Waals surface area (Å²) in [6.07, 6.45) is 0. The Morgan fingerprint density at radius 2 is 1.65 bits per heavy atom. The molecule has 0 spiro atoms. The van der Waals surface area contributed by atoms with Gasteiger partial charge in [-0.1, -0.05) is 44.2 Å². The number of sulfone groups is 1. The number of hydrogen-bond donors (Lipinski definition) is 1. The van der Waals surface area contributed by atoms with Gasteiger partial charge < -0.3 is 5.32 Å². The van der Waals surface area contributed by atoms with Crippen LogP contribution in [0.3, 0.4) is 0 Å². The maximum Gasteiger partial charge on any atom is 0.242 e. The van der Waals surface area contributed by atoms with E-state index in [0.29, 0.717) is 19.0 Å². The van der Waals surface area contributed by atoms with Gasteiger partial charge in [-0.15, -0.1) is 0 Å². The van der Waals surface area contributed by atoms with Crippen molar-refractivity contribution in [2.45, 2.75) is 32.9 Å². The second-order valence-electron chi connectivity index (χ2n) is 6.54. The third-order valence-corrected chi connectivity index (χ3v) is 6.09. The SMILES string of the molecule is CC(C)[C@H](C)NC(=O)[C@@H](c1ccccc1)N1CCS(=O)(=O)CC1. The molecule has 128 valence electrons. The van der Waals surface area contributed by atoms with Gasteiger partial charge in [0.1, 0.15) is 6.04 Å². The molecule has 1 amide bonds.